The maximum atomic E-state index is 5.31. The predicted octanol–water partition coefficient (Wildman–Crippen LogP) is 3.46. The number of hydrogen-bond donors (Lipinski definition) is 2. The van der Waals surface area contributed by atoms with Crippen LogP contribution in [0, 0.1) is 13.8 Å². The van der Waals surface area contributed by atoms with Crippen molar-refractivity contribution in [3.63, 3.8) is 0 Å². The molecular formula is C18H26IN3O. The van der Waals surface area contributed by atoms with Crippen molar-refractivity contribution in [2.75, 3.05) is 20.1 Å². The van der Waals surface area contributed by atoms with Gasteiger partial charge in [-0.25, -0.2) is 0 Å². The highest BCUT2D eigenvalue weighted by atomic mass is 127. The Balaban J connectivity index is 0.00000264. The van der Waals surface area contributed by atoms with Gasteiger partial charge in [0.1, 0.15) is 5.76 Å². The number of nitrogens with one attached hydrogen (secondary N) is 2. The van der Waals surface area contributed by atoms with Crippen LogP contribution < -0.4 is 10.6 Å². The first-order valence-electron chi connectivity index (χ1n) is 7.71. The summed E-state index contributed by atoms with van der Waals surface area (Å²) in [7, 11) is 1.79. The average molecular weight is 427 g/mol. The van der Waals surface area contributed by atoms with Crippen LogP contribution in [0.1, 0.15) is 22.5 Å². The van der Waals surface area contributed by atoms with E-state index in [0.29, 0.717) is 0 Å². The molecule has 0 aliphatic rings. The maximum absolute atomic E-state index is 5.31. The van der Waals surface area contributed by atoms with Crippen LogP contribution >= 0.6 is 24.0 Å². The minimum Gasteiger partial charge on any atom is -0.469 e. The van der Waals surface area contributed by atoms with E-state index in [9.17, 15) is 0 Å². The molecule has 126 valence electrons. The van der Waals surface area contributed by atoms with Crippen molar-refractivity contribution in [1.82, 2.24) is 10.6 Å². The molecule has 4 nitrogen and oxygen atoms in total. The Morgan fingerprint density at radius 2 is 1.70 bits per heavy atom. The fraction of sp³-hybridized carbons (Fsp3) is 0.389. The number of nitrogens with zero attached hydrogens (tertiary/aromatic N) is 1. The fourth-order valence-corrected chi connectivity index (χ4v) is 2.52. The van der Waals surface area contributed by atoms with Crippen molar-refractivity contribution in [1.29, 1.82) is 0 Å². The molecule has 2 N–H and O–H groups in total. The zero-order valence-corrected chi connectivity index (χ0v) is 16.4. The van der Waals surface area contributed by atoms with Crippen LogP contribution in [0.3, 0.4) is 0 Å². The summed E-state index contributed by atoms with van der Waals surface area (Å²) in [5.41, 5.74) is 3.99. The summed E-state index contributed by atoms with van der Waals surface area (Å²) in [5, 5.41) is 6.64. The quantitative estimate of drug-likeness (QED) is 0.422. The second-order valence-corrected chi connectivity index (χ2v) is 5.50. The third kappa shape index (κ3) is 7.07. The van der Waals surface area contributed by atoms with Gasteiger partial charge < -0.3 is 15.1 Å². The summed E-state index contributed by atoms with van der Waals surface area (Å²) in [6, 6.07) is 10.6. The average Bonchev–Trinajstić information content (AvgIpc) is 2.98. The van der Waals surface area contributed by atoms with Gasteiger partial charge in [-0.3, -0.25) is 4.99 Å². The van der Waals surface area contributed by atoms with Gasteiger partial charge in [-0.1, -0.05) is 29.3 Å². The van der Waals surface area contributed by atoms with Gasteiger partial charge >= 0.3 is 0 Å². The van der Waals surface area contributed by atoms with E-state index in [1.807, 2.05) is 12.1 Å². The molecule has 2 rings (SSSR count). The standard InChI is InChI=1S/C18H25N3O.HI/c1-14-11-15(2)13-16(12-14)6-8-20-18(19-3)21-9-7-17-5-4-10-22-17;/h4-5,10-13H,6-9H2,1-3H3,(H2,19,20,21);1H. The Morgan fingerprint density at radius 1 is 1.04 bits per heavy atom. The van der Waals surface area contributed by atoms with E-state index in [4.69, 9.17) is 4.42 Å². The van der Waals surface area contributed by atoms with Crippen molar-refractivity contribution in [3.05, 3.63) is 59.0 Å². The van der Waals surface area contributed by atoms with Gasteiger partial charge in [-0.2, -0.15) is 0 Å². The molecule has 0 aliphatic carbocycles. The second kappa shape index (κ2) is 10.3. The molecule has 0 saturated heterocycles. The van der Waals surface area contributed by atoms with Crippen molar-refractivity contribution in [2.45, 2.75) is 26.7 Å². The normalized spacial score (nSPS) is 11.0. The first kappa shape index (κ1) is 19.5. The van der Waals surface area contributed by atoms with Gasteiger partial charge in [0.25, 0.3) is 0 Å². The van der Waals surface area contributed by atoms with E-state index in [1.54, 1.807) is 13.3 Å². The van der Waals surface area contributed by atoms with Crippen LogP contribution in [0.5, 0.6) is 0 Å². The van der Waals surface area contributed by atoms with Gasteiger partial charge in [0.15, 0.2) is 5.96 Å². The van der Waals surface area contributed by atoms with E-state index in [1.165, 1.54) is 16.7 Å². The third-order valence-electron chi connectivity index (χ3n) is 3.46. The Hall–Kier alpha value is -1.50. The molecule has 0 amide bonds. The monoisotopic (exact) mass is 427 g/mol. The number of hydrogen-bond acceptors (Lipinski definition) is 2. The molecule has 0 unspecified atom stereocenters. The van der Waals surface area contributed by atoms with Gasteiger partial charge in [0.05, 0.1) is 6.26 Å². The fourth-order valence-electron chi connectivity index (χ4n) is 2.52. The Morgan fingerprint density at radius 3 is 2.26 bits per heavy atom. The largest absolute Gasteiger partial charge is 0.469 e. The summed E-state index contributed by atoms with van der Waals surface area (Å²) in [4.78, 5) is 4.24. The molecule has 0 spiro atoms. The third-order valence-corrected chi connectivity index (χ3v) is 3.46. The molecule has 0 atom stereocenters. The molecule has 1 heterocycles. The highest BCUT2D eigenvalue weighted by molar-refractivity contribution is 14.0. The van der Waals surface area contributed by atoms with Gasteiger partial charge in [-0.05, 0) is 38.0 Å². The predicted molar refractivity (Wildman–Crippen MR) is 107 cm³/mol. The van der Waals surface area contributed by atoms with Crippen LogP contribution in [0.15, 0.2) is 46.0 Å². The molecule has 1 aromatic carbocycles. The zero-order chi connectivity index (χ0) is 15.8. The lowest BCUT2D eigenvalue weighted by molar-refractivity contribution is 0.507. The van der Waals surface area contributed by atoms with Crippen LogP contribution in [0.25, 0.3) is 0 Å². The molecule has 2 aromatic rings. The summed E-state index contributed by atoms with van der Waals surface area (Å²) < 4.78 is 5.31. The van der Waals surface area contributed by atoms with E-state index < -0.39 is 0 Å². The van der Waals surface area contributed by atoms with Crippen molar-refractivity contribution in [3.8, 4) is 0 Å². The second-order valence-electron chi connectivity index (χ2n) is 5.50. The van der Waals surface area contributed by atoms with Crippen LogP contribution in [-0.2, 0) is 12.8 Å². The number of benzene rings is 1. The molecule has 0 bridgehead atoms. The van der Waals surface area contributed by atoms with E-state index in [0.717, 1.165) is 37.7 Å². The molecule has 5 heteroatoms. The maximum Gasteiger partial charge on any atom is 0.191 e. The van der Waals surface area contributed by atoms with E-state index in [2.05, 4.69) is 47.7 Å². The van der Waals surface area contributed by atoms with Crippen molar-refractivity contribution in [2.24, 2.45) is 4.99 Å². The molecule has 1 aromatic heterocycles. The highest BCUT2D eigenvalue weighted by Gasteiger charge is 2.00. The smallest absolute Gasteiger partial charge is 0.191 e. The minimum absolute atomic E-state index is 0. The number of rotatable bonds is 6. The molecule has 23 heavy (non-hydrogen) atoms. The lowest BCUT2D eigenvalue weighted by Gasteiger charge is -2.12. The number of furan rings is 1. The number of guanidine groups is 1. The van der Waals surface area contributed by atoms with Crippen LogP contribution in [-0.4, -0.2) is 26.1 Å². The van der Waals surface area contributed by atoms with Crippen molar-refractivity contribution >= 4 is 29.9 Å². The van der Waals surface area contributed by atoms with Crippen LogP contribution in [0.2, 0.25) is 0 Å². The number of halogens is 1. The molecule has 0 saturated carbocycles. The Bertz CT molecular complexity index is 588. The van der Waals surface area contributed by atoms with Crippen molar-refractivity contribution < 1.29 is 4.42 Å². The van der Waals surface area contributed by atoms with E-state index >= 15 is 0 Å². The Labute approximate surface area is 155 Å². The highest BCUT2D eigenvalue weighted by Crippen LogP contribution is 2.08. The molecular weight excluding hydrogens is 401 g/mol. The SMILES string of the molecule is CN=C(NCCc1cc(C)cc(C)c1)NCCc1ccco1.I. The molecule has 0 fully saturated rings. The summed E-state index contributed by atoms with van der Waals surface area (Å²) in [6.07, 6.45) is 3.54. The van der Waals surface area contributed by atoms with Crippen LogP contribution in [0.4, 0.5) is 0 Å². The topological polar surface area (TPSA) is 49.6 Å². The first-order valence-corrected chi connectivity index (χ1v) is 7.71. The summed E-state index contributed by atoms with van der Waals surface area (Å²) >= 11 is 0. The van der Waals surface area contributed by atoms with Gasteiger partial charge in [0.2, 0.25) is 0 Å². The number of aryl methyl sites for hydroxylation is 2. The lowest BCUT2D eigenvalue weighted by Crippen LogP contribution is -2.39. The summed E-state index contributed by atoms with van der Waals surface area (Å²) in [5.74, 6) is 1.81. The molecule has 0 radical (unpaired) electrons. The van der Waals surface area contributed by atoms with Gasteiger partial charge in [-0.15, -0.1) is 24.0 Å². The zero-order valence-electron chi connectivity index (χ0n) is 14.1. The van der Waals surface area contributed by atoms with E-state index in [-0.39, 0.29) is 24.0 Å². The molecule has 0 aliphatic heterocycles. The first-order chi connectivity index (χ1) is 10.7. The number of aliphatic imine (C=N–C) groups is 1. The minimum atomic E-state index is 0. The summed E-state index contributed by atoms with van der Waals surface area (Å²) in [6.45, 7) is 5.94. The Kier molecular flexibility index (Phi) is 8.76. The van der Waals surface area contributed by atoms with Gasteiger partial charge in [0, 0.05) is 26.6 Å². The lowest BCUT2D eigenvalue weighted by atomic mass is 10.1.